The molecule has 1 fully saturated rings. The molecule has 3 rings (SSSR count). The fourth-order valence-electron chi connectivity index (χ4n) is 3.18. The number of aryl methyl sites for hydroxylation is 1. The number of halogens is 3. The summed E-state index contributed by atoms with van der Waals surface area (Å²) in [5, 5.41) is 2.69. The van der Waals surface area contributed by atoms with Gasteiger partial charge in [0.1, 0.15) is 11.6 Å². The Morgan fingerprint density at radius 3 is 2.59 bits per heavy atom. The van der Waals surface area contributed by atoms with Gasteiger partial charge in [-0.25, -0.2) is 4.39 Å². The zero-order valence-corrected chi connectivity index (χ0v) is 18.2. The van der Waals surface area contributed by atoms with E-state index in [1.54, 1.807) is 12.1 Å². The third kappa shape index (κ3) is 5.23. The lowest BCUT2D eigenvalue weighted by Gasteiger charge is -2.29. The van der Waals surface area contributed by atoms with Crippen molar-refractivity contribution in [1.29, 1.82) is 0 Å². The van der Waals surface area contributed by atoms with Gasteiger partial charge in [-0.2, -0.15) is 0 Å². The van der Waals surface area contributed by atoms with Crippen LogP contribution in [0.25, 0.3) is 0 Å². The minimum atomic E-state index is -0.339. The molecule has 2 aromatic carbocycles. The normalized spacial score (nSPS) is 14.1. The van der Waals surface area contributed by atoms with Crippen molar-refractivity contribution < 1.29 is 13.9 Å². The number of piperidine rings is 1. The number of rotatable bonds is 5. The molecule has 0 atom stereocenters. The quantitative estimate of drug-likeness (QED) is 0.576. The molecule has 1 heterocycles. The van der Waals surface area contributed by atoms with Crippen molar-refractivity contribution >= 4 is 49.1 Å². The summed E-state index contributed by atoms with van der Waals surface area (Å²) in [6.07, 6.45) is 3.36. The predicted octanol–water partition coefficient (Wildman–Crippen LogP) is 5.67. The molecule has 0 bridgehead atoms. The molecule has 7 heteroatoms. The maximum Gasteiger partial charge on any atom is 0.262 e. The van der Waals surface area contributed by atoms with Crippen LogP contribution in [-0.4, -0.2) is 25.6 Å². The second-order valence-electron chi connectivity index (χ2n) is 6.58. The van der Waals surface area contributed by atoms with Crippen molar-refractivity contribution in [3.63, 3.8) is 0 Å². The first-order chi connectivity index (χ1) is 12.9. The van der Waals surface area contributed by atoms with E-state index in [0.29, 0.717) is 17.1 Å². The van der Waals surface area contributed by atoms with E-state index in [1.165, 1.54) is 12.5 Å². The van der Waals surface area contributed by atoms with E-state index in [-0.39, 0.29) is 18.3 Å². The third-order valence-corrected chi connectivity index (χ3v) is 5.52. The van der Waals surface area contributed by atoms with E-state index >= 15 is 0 Å². The van der Waals surface area contributed by atoms with Gasteiger partial charge in [0, 0.05) is 23.2 Å². The van der Waals surface area contributed by atoms with Gasteiger partial charge in [0.05, 0.1) is 10.2 Å². The number of ether oxygens (including phenoxy) is 1. The number of nitrogens with one attached hydrogen (secondary N) is 1. The monoisotopic (exact) mass is 498 g/mol. The van der Waals surface area contributed by atoms with Gasteiger partial charge >= 0.3 is 0 Å². The highest BCUT2D eigenvalue weighted by Gasteiger charge is 2.16. The Kier molecular flexibility index (Phi) is 6.76. The molecule has 1 aliphatic rings. The van der Waals surface area contributed by atoms with Crippen LogP contribution in [-0.2, 0) is 4.79 Å². The highest BCUT2D eigenvalue weighted by molar-refractivity contribution is 9.11. The highest BCUT2D eigenvalue weighted by atomic mass is 79.9. The number of nitrogens with zero attached hydrogens (tertiary/aromatic N) is 1. The van der Waals surface area contributed by atoms with Crippen molar-refractivity contribution in [2.45, 2.75) is 26.2 Å². The summed E-state index contributed by atoms with van der Waals surface area (Å²) in [4.78, 5) is 14.2. The molecule has 1 saturated heterocycles. The summed E-state index contributed by atoms with van der Waals surface area (Å²) in [7, 11) is 0. The lowest BCUT2D eigenvalue weighted by molar-refractivity contribution is -0.118. The SMILES string of the molecule is Cc1cc(Br)cc(Br)c1OCC(=O)Nc1ccc(N2CCCCC2)c(F)c1. The van der Waals surface area contributed by atoms with E-state index in [2.05, 4.69) is 42.1 Å². The maximum absolute atomic E-state index is 14.4. The summed E-state index contributed by atoms with van der Waals surface area (Å²) in [5.41, 5.74) is 1.92. The topological polar surface area (TPSA) is 41.6 Å². The first-order valence-corrected chi connectivity index (χ1v) is 10.5. The number of carbonyl (C=O) groups is 1. The van der Waals surface area contributed by atoms with Crippen LogP contribution in [0.5, 0.6) is 5.75 Å². The van der Waals surface area contributed by atoms with Gasteiger partial charge in [-0.15, -0.1) is 0 Å². The molecule has 1 N–H and O–H groups in total. The van der Waals surface area contributed by atoms with Gasteiger partial charge in [-0.05, 0) is 78.0 Å². The molecule has 0 unspecified atom stereocenters. The molecular weight excluding hydrogens is 479 g/mol. The number of hydrogen-bond donors (Lipinski definition) is 1. The minimum Gasteiger partial charge on any atom is -0.482 e. The smallest absolute Gasteiger partial charge is 0.262 e. The average Bonchev–Trinajstić information content (AvgIpc) is 2.61. The maximum atomic E-state index is 14.4. The number of anilines is 2. The Bertz CT molecular complexity index is 816. The van der Waals surface area contributed by atoms with E-state index in [9.17, 15) is 9.18 Å². The zero-order chi connectivity index (χ0) is 19.4. The van der Waals surface area contributed by atoms with Crippen LogP contribution < -0.4 is 15.0 Å². The van der Waals surface area contributed by atoms with Gasteiger partial charge in [0.15, 0.2) is 6.61 Å². The molecule has 144 valence electrons. The van der Waals surface area contributed by atoms with Gasteiger partial charge in [-0.3, -0.25) is 4.79 Å². The van der Waals surface area contributed by atoms with E-state index in [1.807, 2.05) is 19.1 Å². The molecule has 0 spiro atoms. The molecule has 4 nitrogen and oxygen atoms in total. The summed E-state index contributed by atoms with van der Waals surface area (Å²) in [6, 6.07) is 8.59. The Balaban J connectivity index is 1.60. The predicted molar refractivity (Wildman–Crippen MR) is 113 cm³/mol. The summed E-state index contributed by atoms with van der Waals surface area (Å²) in [6.45, 7) is 3.49. The fourth-order valence-corrected chi connectivity index (χ4v) is 4.74. The molecule has 1 amide bonds. The van der Waals surface area contributed by atoms with E-state index < -0.39 is 0 Å². The standard InChI is InChI=1S/C20H21Br2FN2O2/c1-13-9-14(21)10-16(22)20(13)27-12-19(26)24-15-5-6-18(17(23)11-15)25-7-3-2-4-8-25/h5-6,9-11H,2-4,7-8,12H2,1H3,(H,24,26). The number of hydrogen-bond acceptors (Lipinski definition) is 3. The van der Waals surface area contributed by atoms with Crippen molar-refractivity contribution in [3.8, 4) is 5.75 Å². The molecule has 0 radical (unpaired) electrons. The van der Waals surface area contributed by atoms with Crippen molar-refractivity contribution in [3.05, 3.63) is 50.7 Å². The molecule has 2 aromatic rings. The first-order valence-electron chi connectivity index (χ1n) is 8.87. The number of amides is 1. The van der Waals surface area contributed by atoms with Crippen LogP contribution in [0.15, 0.2) is 39.3 Å². The van der Waals surface area contributed by atoms with Gasteiger partial charge in [-0.1, -0.05) is 15.9 Å². The molecular formula is C20H21Br2FN2O2. The van der Waals surface area contributed by atoms with Crippen molar-refractivity contribution in [2.75, 3.05) is 29.9 Å². The van der Waals surface area contributed by atoms with Crippen LogP contribution in [0, 0.1) is 12.7 Å². The van der Waals surface area contributed by atoms with Crippen LogP contribution in [0.4, 0.5) is 15.8 Å². The Hall–Kier alpha value is -1.60. The highest BCUT2D eigenvalue weighted by Crippen LogP contribution is 2.32. The second kappa shape index (κ2) is 9.06. The van der Waals surface area contributed by atoms with Crippen LogP contribution >= 0.6 is 31.9 Å². The van der Waals surface area contributed by atoms with Crippen molar-refractivity contribution in [2.24, 2.45) is 0 Å². The molecule has 27 heavy (non-hydrogen) atoms. The Morgan fingerprint density at radius 2 is 1.93 bits per heavy atom. The van der Waals surface area contributed by atoms with Crippen molar-refractivity contribution in [1.82, 2.24) is 0 Å². The molecule has 0 aromatic heterocycles. The van der Waals surface area contributed by atoms with Gasteiger partial charge in [0.25, 0.3) is 5.91 Å². The number of benzene rings is 2. The van der Waals surface area contributed by atoms with E-state index in [0.717, 1.165) is 40.4 Å². The summed E-state index contributed by atoms with van der Waals surface area (Å²) < 4.78 is 21.8. The first kappa shape index (κ1) is 20.1. The summed E-state index contributed by atoms with van der Waals surface area (Å²) in [5.74, 6) is -0.0450. The average molecular weight is 500 g/mol. The van der Waals surface area contributed by atoms with Gasteiger partial charge in [0.2, 0.25) is 0 Å². The van der Waals surface area contributed by atoms with E-state index in [4.69, 9.17) is 4.74 Å². The zero-order valence-electron chi connectivity index (χ0n) is 15.0. The summed E-state index contributed by atoms with van der Waals surface area (Å²) >= 11 is 6.84. The lowest BCUT2D eigenvalue weighted by Crippen LogP contribution is -2.30. The second-order valence-corrected chi connectivity index (χ2v) is 8.35. The Labute approximate surface area is 175 Å². The largest absolute Gasteiger partial charge is 0.482 e. The van der Waals surface area contributed by atoms with Crippen LogP contribution in [0.3, 0.4) is 0 Å². The molecule has 0 saturated carbocycles. The molecule has 0 aliphatic carbocycles. The minimum absolute atomic E-state index is 0.156. The molecule has 1 aliphatic heterocycles. The Morgan fingerprint density at radius 1 is 1.19 bits per heavy atom. The third-order valence-electron chi connectivity index (χ3n) is 4.47. The fraction of sp³-hybridized carbons (Fsp3) is 0.350. The lowest BCUT2D eigenvalue weighted by atomic mass is 10.1. The van der Waals surface area contributed by atoms with Crippen LogP contribution in [0.2, 0.25) is 0 Å². The van der Waals surface area contributed by atoms with Crippen LogP contribution in [0.1, 0.15) is 24.8 Å². The van der Waals surface area contributed by atoms with Gasteiger partial charge < -0.3 is 15.0 Å². The number of carbonyl (C=O) groups excluding carboxylic acids is 1.